The number of imidazole rings is 1. The molecule has 1 aromatic heterocycles. The van der Waals surface area contributed by atoms with Gasteiger partial charge in [-0.3, -0.25) is 4.79 Å². The second-order valence-corrected chi connectivity index (χ2v) is 48.8. The standard InChI is InChI=1S/C17H27NO3S.C13H19NO4S.2C10H11F3O2S.C10H15NO2S.C7H12N2O2S.C4H10O2S.7C3H8/c1-14(2)22(19,20)17-10-8-16(9-11-17)21-13-12-18-15-6-4-3-5-7-15;1-10(2)19(16,17)13-6-4-12(5-7-13)18-9-8-14-11(3)15;1-7(2)16(14,15)9-5-3-4-8(6-9)10(11,12)13;1-7(2)16(14,15)9-6-4-3-5-8(9)10(11,12)13;1-8(2)14(12,13)7-9-3-5-10(11)6-4-9;1-6(2)12(10,11)7-4-9(3)5-8-7;1-4(2)7(3,5)6;7*1-3-2/h8-11,14-15,18H,3-7,12-13H2,1-2H3;4-7,10H,8-9H2,1-3H3,(H,14,15);2*3-7H,1-2H3;3-6,8H,7,11H2,1-2H3;4-6H,1-3H3;4H,1-3H3;7*3H2,1-2H3. The van der Waals surface area contributed by atoms with Crippen LogP contribution in [0, 0.1) is 0 Å². The van der Waals surface area contributed by atoms with Gasteiger partial charge < -0.3 is 30.4 Å². The summed E-state index contributed by atoms with van der Waals surface area (Å²) in [6.07, 6.45) is 10.3. The molecule has 4 N–H and O–H groups in total. The zero-order valence-electron chi connectivity index (χ0n) is 81.9. The molecule has 1 aliphatic rings. The Kier molecular flexibility index (Phi) is 73.7. The molecule has 22 nitrogen and oxygen atoms in total. The topological polar surface area (TPSA) is 342 Å². The van der Waals surface area contributed by atoms with Crippen molar-refractivity contribution in [2.45, 2.75) is 363 Å². The molecule has 35 heteroatoms. The highest BCUT2D eigenvalue weighted by molar-refractivity contribution is 7.93. The van der Waals surface area contributed by atoms with Crippen LogP contribution in [-0.4, -0.2) is 150 Å². The van der Waals surface area contributed by atoms with Crippen molar-refractivity contribution in [2.75, 3.05) is 38.3 Å². The number of nitrogens with one attached hydrogen (secondary N) is 2. The molecular formula is C92H161F6N5O17S7. The number of nitrogens with two attached hydrogens (primary N) is 1. The van der Waals surface area contributed by atoms with Crippen LogP contribution in [-0.2, 0) is 98.8 Å². The average molecular weight is 1950 g/mol. The maximum Gasteiger partial charge on any atom is 0.417 e. The van der Waals surface area contributed by atoms with Gasteiger partial charge in [0.2, 0.25) is 5.91 Å². The molecule has 0 atom stereocenters. The van der Waals surface area contributed by atoms with Crippen LogP contribution in [0.3, 0.4) is 0 Å². The molecule has 0 spiro atoms. The second kappa shape index (κ2) is 70.2. The summed E-state index contributed by atoms with van der Waals surface area (Å²) in [5, 5.41) is 2.84. The fourth-order valence-corrected chi connectivity index (χ4v) is 14.7. The van der Waals surface area contributed by atoms with Crippen LogP contribution < -0.4 is 25.8 Å². The van der Waals surface area contributed by atoms with Gasteiger partial charge in [-0.05, 0) is 206 Å². The minimum Gasteiger partial charge on any atom is -0.492 e. The lowest BCUT2D eigenvalue weighted by Crippen LogP contribution is -2.34. The van der Waals surface area contributed by atoms with E-state index < -0.39 is 123 Å². The lowest BCUT2D eigenvalue weighted by atomic mass is 9.96. The third-order valence-corrected chi connectivity index (χ3v) is 30.1. The Labute approximate surface area is 765 Å². The summed E-state index contributed by atoms with van der Waals surface area (Å²) in [5.41, 5.74) is 4.88. The summed E-state index contributed by atoms with van der Waals surface area (Å²) in [4.78, 5) is 14.1. The fourth-order valence-electron chi connectivity index (χ4n) is 8.24. The molecule has 1 amide bonds. The first kappa shape index (κ1) is 133. The Balaban J connectivity index is -0.000000258. The van der Waals surface area contributed by atoms with Crippen LogP contribution in [0.1, 0.15) is 295 Å². The van der Waals surface area contributed by atoms with E-state index >= 15 is 0 Å². The molecule has 0 aliphatic heterocycles. The normalized spacial score (nSPS) is 12.1. The number of ether oxygens (including phenoxy) is 2. The van der Waals surface area contributed by atoms with E-state index in [0.717, 1.165) is 36.4 Å². The highest BCUT2D eigenvalue weighted by atomic mass is 32.2. The van der Waals surface area contributed by atoms with Crippen molar-refractivity contribution in [3.63, 3.8) is 0 Å². The van der Waals surface area contributed by atoms with Crippen LogP contribution in [0.4, 0.5) is 32.0 Å². The van der Waals surface area contributed by atoms with Gasteiger partial charge in [0.05, 0.1) is 86.1 Å². The molecule has 0 unspecified atom stereocenters. The molecule has 1 fully saturated rings. The highest BCUT2D eigenvalue weighted by Gasteiger charge is 2.38. The number of benzene rings is 5. The van der Waals surface area contributed by atoms with Gasteiger partial charge >= 0.3 is 12.4 Å². The Morgan fingerprint density at radius 1 is 0.449 bits per heavy atom. The molecule has 0 saturated heterocycles. The number of anilines is 1. The summed E-state index contributed by atoms with van der Waals surface area (Å²) >= 11 is 0. The number of halogens is 6. The van der Waals surface area contributed by atoms with E-state index in [-0.39, 0.29) is 37.0 Å². The minimum atomic E-state index is -4.65. The molecular weight excluding hydrogens is 1790 g/mol. The Morgan fingerprint density at radius 2 is 0.803 bits per heavy atom. The van der Waals surface area contributed by atoms with Crippen LogP contribution >= 0.6 is 0 Å². The van der Waals surface area contributed by atoms with Gasteiger partial charge in [-0.15, -0.1) is 0 Å². The van der Waals surface area contributed by atoms with Gasteiger partial charge in [0.15, 0.2) is 64.0 Å². The molecule has 1 aliphatic carbocycles. The van der Waals surface area contributed by atoms with Crippen LogP contribution in [0.15, 0.2) is 158 Å². The SMILES string of the molecule is CC(=O)NCCOc1ccc(S(=O)(=O)C(C)C)cc1.CC(C)S(=O)(=O)Cc1ccc(N)cc1.CC(C)S(=O)(=O)c1ccc(OCCNC2CCCCC2)cc1.CC(C)S(=O)(=O)c1cccc(C(F)(F)F)c1.CC(C)S(=O)(=O)c1ccccc1C(F)(F)F.CC(C)S(=O)(=O)c1cn(C)cn1.CC(C)S(C)(=O)=O.CCC.CCC.CCC.CCC.CCC.CCC.CCC. The van der Waals surface area contributed by atoms with E-state index in [1.54, 1.807) is 142 Å². The Bertz CT molecular complexity index is 4640. The van der Waals surface area contributed by atoms with Crippen LogP contribution in [0.5, 0.6) is 11.5 Å². The van der Waals surface area contributed by atoms with Crippen molar-refractivity contribution in [3.05, 3.63) is 151 Å². The summed E-state index contributed by atoms with van der Waals surface area (Å²) in [6.45, 7) is 55.6. The van der Waals surface area contributed by atoms with Crippen molar-refractivity contribution < 1.29 is 99.5 Å². The van der Waals surface area contributed by atoms with Gasteiger partial charge in [0, 0.05) is 44.7 Å². The first-order chi connectivity index (χ1) is 58.4. The number of carbonyl (C=O) groups excluding carboxylic acids is 1. The molecule has 0 bridgehead atoms. The summed E-state index contributed by atoms with van der Waals surface area (Å²) in [7, 11) is -21.2. The van der Waals surface area contributed by atoms with Crippen LogP contribution in [0.25, 0.3) is 0 Å². The molecule has 1 heterocycles. The van der Waals surface area contributed by atoms with Gasteiger partial charge in [-0.25, -0.2) is 63.9 Å². The monoisotopic (exact) mass is 1950 g/mol. The zero-order chi connectivity index (χ0) is 101. The van der Waals surface area contributed by atoms with Gasteiger partial charge in [-0.1, -0.05) is 191 Å². The lowest BCUT2D eigenvalue weighted by Gasteiger charge is -2.22. The number of rotatable bonds is 23. The zero-order valence-corrected chi connectivity index (χ0v) is 87.6. The molecule has 7 rings (SSSR count). The second-order valence-electron chi connectivity index (χ2n) is 31.2. The van der Waals surface area contributed by atoms with Gasteiger partial charge in [0.1, 0.15) is 34.6 Å². The van der Waals surface area contributed by atoms with E-state index in [1.165, 1.54) is 161 Å². The third kappa shape index (κ3) is 60.9. The number of aromatic nitrogens is 2. The molecule has 5 aromatic carbocycles. The molecule has 1 saturated carbocycles. The summed E-state index contributed by atoms with van der Waals surface area (Å²) in [6, 6.07) is 28.5. The van der Waals surface area contributed by atoms with Gasteiger partial charge in [0.25, 0.3) is 0 Å². The fraction of sp³-hybridized carbons (Fsp3) is 0.630. The molecule has 740 valence electrons. The van der Waals surface area contributed by atoms with E-state index in [1.807, 2.05) is 0 Å². The van der Waals surface area contributed by atoms with Gasteiger partial charge in [-0.2, -0.15) is 26.3 Å². The molecule has 6 aromatic rings. The first-order valence-corrected chi connectivity index (χ1v) is 55.0. The third-order valence-electron chi connectivity index (χ3n) is 15.4. The number of sulfone groups is 7. The van der Waals surface area contributed by atoms with Crippen molar-refractivity contribution in [1.82, 2.24) is 20.2 Å². The minimum absolute atomic E-state index is 0.0882. The van der Waals surface area contributed by atoms with E-state index in [9.17, 15) is 90.1 Å². The maximum atomic E-state index is 12.6. The predicted molar refractivity (Wildman–Crippen MR) is 515 cm³/mol. The van der Waals surface area contributed by atoms with E-state index in [4.69, 9.17) is 15.2 Å². The highest BCUT2D eigenvalue weighted by Crippen LogP contribution is 2.36. The average Bonchev–Trinajstić information content (AvgIpc) is 1.42. The quantitative estimate of drug-likeness (QED) is 0.0305. The smallest absolute Gasteiger partial charge is 0.417 e. The Hall–Kier alpha value is -6.63. The number of hydrogen-bond acceptors (Lipinski definition) is 20. The number of nitrogens with zero attached hydrogens (tertiary/aromatic N) is 2. The number of nitrogen functional groups attached to an aromatic ring is 1. The van der Waals surface area contributed by atoms with Crippen molar-refractivity contribution >= 4 is 80.5 Å². The lowest BCUT2D eigenvalue weighted by molar-refractivity contribution is -0.140. The van der Waals surface area contributed by atoms with Crippen molar-refractivity contribution in [1.29, 1.82) is 0 Å². The maximum absolute atomic E-state index is 12.6. The first-order valence-electron chi connectivity index (χ1n) is 43.6. The largest absolute Gasteiger partial charge is 0.492 e. The van der Waals surface area contributed by atoms with Crippen LogP contribution in [0.2, 0.25) is 0 Å². The molecule has 127 heavy (non-hydrogen) atoms. The number of aryl methyl sites for hydroxylation is 1. The number of carbonyl (C=O) groups is 1. The Morgan fingerprint density at radius 3 is 1.12 bits per heavy atom. The van der Waals surface area contributed by atoms with Crippen molar-refractivity contribution in [3.8, 4) is 11.5 Å². The van der Waals surface area contributed by atoms with E-state index in [0.29, 0.717) is 53.9 Å². The number of alkyl halides is 6. The van der Waals surface area contributed by atoms with E-state index in [2.05, 4.69) is 113 Å². The summed E-state index contributed by atoms with van der Waals surface area (Å²) in [5.74, 6) is 1.27. The van der Waals surface area contributed by atoms with Crippen molar-refractivity contribution in [2.24, 2.45) is 7.05 Å². The number of hydrogen-bond donors (Lipinski definition) is 3. The predicted octanol–water partition coefficient (Wildman–Crippen LogP) is 22.9. The number of amides is 1. The summed E-state index contributed by atoms with van der Waals surface area (Å²) < 4.78 is 249. The molecule has 0 radical (unpaired) electrons.